The Morgan fingerprint density at radius 1 is 1.22 bits per heavy atom. The van der Waals surface area contributed by atoms with Gasteiger partial charge >= 0.3 is 0 Å². The molecule has 96 valence electrons. The molecule has 4 nitrogen and oxygen atoms in total. The van der Waals surface area contributed by atoms with E-state index < -0.39 is 0 Å². The van der Waals surface area contributed by atoms with Crippen LogP contribution in [-0.4, -0.2) is 17.3 Å². The molecule has 2 aromatic rings. The van der Waals surface area contributed by atoms with E-state index >= 15 is 0 Å². The Bertz CT molecular complexity index is 573. The SMILES string of the molecule is COc1ccc(-c2c(CN)n[nH]c2C)c(C)c1C. The minimum absolute atomic E-state index is 0.435. The van der Waals surface area contributed by atoms with Gasteiger partial charge < -0.3 is 10.5 Å². The van der Waals surface area contributed by atoms with Crippen molar-refractivity contribution in [3.63, 3.8) is 0 Å². The Morgan fingerprint density at radius 2 is 1.94 bits per heavy atom. The maximum atomic E-state index is 5.74. The summed E-state index contributed by atoms with van der Waals surface area (Å²) in [5.74, 6) is 0.909. The summed E-state index contributed by atoms with van der Waals surface area (Å²) in [6, 6.07) is 4.06. The highest BCUT2D eigenvalue weighted by Gasteiger charge is 2.15. The van der Waals surface area contributed by atoms with Gasteiger partial charge in [0.15, 0.2) is 0 Å². The topological polar surface area (TPSA) is 63.9 Å². The predicted octanol–water partition coefficient (Wildman–Crippen LogP) is 2.47. The minimum Gasteiger partial charge on any atom is -0.496 e. The molecule has 0 aliphatic carbocycles. The molecule has 4 heteroatoms. The second-order valence-electron chi connectivity index (χ2n) is 4.44. The third kappa shape index (κ3) is 1.88. The lowest BCUT2D eigenvalue weighted by Crippen LogP contribution is -2.00. The highest BCUT2D eigenvalue weighted by atomic mass is 16.5. The molecule has 1 aromatic heterocycles. The van der Waals surface area contributed by atoms with E-state index in [9.17, 15) is 0 Å². The molecular weight excluding hydrogens is 226 g/mol. The van der Waals surface area contributed by atoms with Gasteiger partial charge in [0.2, 0.25) is 0 Å². The Hall–Kier alpha value is -1.81. The summed E-state index contributed by atoms with van der Waals surface area (Å²) in [5, 5.41) is 7.24. The highest BCUT2D eigenvalue weighted by Crippen LogP contribution is 2.33. The van der Waals surface area contributed by atoms with Crippen LogP contribution >= 0.6 is 0 Å². The van der Waals surface area contributed by atoms with Crippen molar-refractivity contribution in [2.45, 2.75) is 27.3 Å². The van der Waals surface area contributed by atoms with Crippen LogP contribution in [0.15, 0.2) is 12.1 Å². The number of hydrogen-bond acceptors (Lipinski definition) is 3. The van der Waals surface area contributed by atoms with Gasteiger partial charge in [0.25, 0.3) is 0 Å². The van der Waals surface area contributed by atoms with Crippen LogP contribution in [0.1, 0.15) is 22.5 Å². The number of rotatable bonds is 3. The summed E-state index contributed by atoms with van der Waals surface area (Å²) < 4.78 is 5.34. The lowest BCUT2D eigenvalue weighted by molar-refractivity contribution is 0.411. The van der Waals surface area contributed by atoms with Crippen LogP contribution in [0.25, 0.3) is 11.1 Å². The molecule has 0 amide bonds. The van der Waals surface area contributed by atoms with Gasteiger partial charge in [-0.05, 0) is 43.5 Å². The third-order valence-corrected chi connectivity index (χ3v) is 3.44. The first kappa shape index (κ1) is 12.6. The second kappa shape index (κ2) is 4.82. The van der Waals surface area contributed by atoms with Crippen molar-refractivity contribution < 1.29 is 4.74 Å². The van der Waals surface area contributed by atoms with Gasteiger partial charge in [-0.3, -0.25) is 5.10 Å². The molecule has 0 aliphatic rings. The fraction of sp³-hybridized carbons (Fsp3) is 0.357. The van der Waals surface area contributed by atoms with Gasteiger partial charge in [-0.25, -0.2) is 0 Å². The molecule has 2 rings (SSSR count). The average Bonchev–Trinajstić information content (AvgIpc) is 2.74. The maximum Gasteiger partial charge on any atom is 0.122 e. The van der Waals surface area contributed by atoms with Crippen LogP contribution < -0.4 is 10.5 Å². The average molecular weight is 245 g/mol. The molecule has 0 aliphatic heterocycles. The molecule has 0 atom stereocenters. The van der Waals surface area contributed by atoms with Gasteiger partial charge in [-0.15, -0.1) is 0 Å². The van der Waals surface area contributed by atoms with Crippen molar-refractivity contribution in [2.24, 2.45) is 5.73 Å². The van der Waals surface area contributed by atoms with Crippen LogP contribution in [0, 0.1) is 20.8 Å². The third-order valence-electron chi connectivity index (χ3n) is 3.44. The zero-order valence-electron chi connectivity index (χ0n) is 11.3. The number of hydrogen-bond donors (Lipinski definition) is 2. The Morgan fingerprint density at radius 3 is 2.56 bits per heavy atom. The summed E-state index contributed by atoms with van der Waals surface area (Å²) in [6.45, 7) is 6.61. The fourth-order valence-corrected chi connectivity index (χ4v) is 2.27. The first-order valence-corrected chi connectivity index (χ1v) is 5.98. The molecular formula is C14H19N3O. The Kier molecular flexibility index (Phi) is 3.39. The largest absolute Gasteiger partial charge is 0.496 e. The zero-order chi connectivity index (χ0) is 13.3. The normalized spacial score (nSPS) is 10.7. The monoisotopic (exact) mass is 245 g/mol. The van der Waals surface area contributed by atoms with Crippen molar-refractivity contribution >= 4 is 0 Å². The highest BCUT2D eigenvalue weighted by molar-refractivity contribution is 5.73. The first-order valence-electron chi connectivity index (χ1n) is 5.98. The summed E-state index contributed by atoms with van der Waals surface area (Å²) in [6.07, 6.45) is 0. The number of aromatic amines is 1. The Balaban J connectivity index is 2.65. The van der Waals surface area contributed by atoms with Crippen molar-refractivity contribution in [3.8, 4) is 16.9 Å². The van der Waals surface area contributed by atoms with E-state index in [0.717, 1.165) is 28.3 Å². The number of nitrogens with zero attached hydrogens (tertiary/aromatic N) is 1. The van der Waals surface area contributed by atoms with Crippen LogP contribution in [0.5, 0.6) is 5.75 Å². The molecule has 3 N–H and O–H groups in total. The number of H-pyrrole nitrogens is 1. The summed E-state index contributed by atoms with van der Waals surface area (Å²) >= 11 is 0. The van der Waals surface area contributed by atoms with E-state index in [-0.39, 0.29) is 0 Å². The molecule has 0 spiro atoms. The number of ether oxygens (including phenoxy) is 1. The van der Waals surface area contributed by atoms with Crippen molar-refractivity contribution in [2.75, 3.05) is 7.11 Å². The first-order chi connectivity index (χ1) is 8.60. The minimum atomic E-state index is 0.435. The van der Waals surface area contributed by atoms with Gasteiger partial charge in [0.05, 0.1) is 12.8 Å². The molecule has 18 heavy (non-hydrogen) atoms. The van der Waals surface area contributed by atoms with E-state index in [4.69, 9.17) is 10.5 Å². The van der Waals surface area contributed by atoms with Crippen LogP contribution in [0.3, 0.4) is 0 Å². The molecule has 0 bridgehead atoms. The summed E-state index contributed by atoms with van der Waals surface area (Å²) in [7, 11) is 1.69. The number of methoxy groups -OCH3 is 1. The Labute approximate surface area is 107 Å². The van der Waals surface area contributed by atoms with Crippen molar-refractivity contribution in [1.82, 2.24) is 10.2 Å². The standard InChI is InChI=1S/C14H19N3O/c1-8-9(2)13(18-4)6-5-11(8)14-10(3)16-17-12(14)7-15/h5-6H,7,15H2,1-4H3,(H,16,17). The lowest BCUT2D eigenvalue weighted by Gasteiger charge is -2.13. The molecule has 0 saturated heterocycles. The van der Waals surface area contributed by atoms with Crippen molar-refractivity contribution in [3.05, 3.63) is 34.6 Å². The maximum absolute atomic E-state index is 5.74. The molecule has 0 unspecified atom stereocenters. The molecule has 0 radical (unpaired) electrons. The van der Waals surface area contributed by atoms with E-state index in [1.54, 1.807) is 7.11 Å². The van der Waals surface area contributed by atoms with Crippen molar-refractivity contribution in [1.29, 1.82) is 0 Å². The van der Waals surface area contributed by atoms with Gasteiger partial charge in [0.1, 0.15) is 5.75 Å². The molecule has 1 aromatic carbocycles. The van der Waals surface area contributed by atoms with E-state index in [0.29, 0.717) is 6.54 Å². The smallest absolute Gasteiger partial charge is 0.122 e. The quantitative estimate of drug-likeness (QED) is 0.873. The number of benzene rings is 1. The number of aromatic nitrogens is 2. The van der Waals surface area contributed by atoms with Crippen LogP contribution in [0.4, 0.5) is 0 Å². The van der Waals surface area contributed by atoms with Gasteiger partial charge in [-0.1, -0.05) is 6.07 Å². The number of aryl methyl sites for hydroxylation is 1. The molecule has 0 saturated carbocycles. The summed E-state index contributed by atoms with van der Waals surface area (Å²) in [4.78, 5) is 0. The second-order valence-corrected chi connectivity index (χ2v) is 4.44. The molecule has 0 fully saturated rings. The van der Waals surface area contributed by atoms with E-state index in [1.165, 1.54) is 11.1 Å². The lowest BCUT2D eigenvalue weighted by atomic mass is 9.95. The van der Waals surface area contributed by atoms with Crippen LogP contribution in [-0.2, 0) is 6.54 Å². The summed E-state index contributed by atoms with van der Waals surface area (Å²) in [5.41, 5.74) is 12.3. The predicted molar refractivity (Wildman–Crippen MR) is 72.7 cm³/mol. The molecule has 1 heterocycles. The number of nitrogens with two attached hydrogens (primary N) is 1. The van der Waals surface area contributed by atoms with E-state index in [1.807, 2.05) is 13.0 Å². The van der Waals surface area contributed by atoms with Crippen LogP contribution in [0.2, 0.25) is 0 Å². The fourth-order valence-electron chi connectivity index (χ4n) is 2.27. The zero-order valence-corrected chi connectivity index (χ0v) is 11.3. The van der Waals surface area contributed by atoms with Gasteiger partial charge in [0, 0.05) is 17.8 Å². The van der Waals surface area contributed by atoms with Gasteiger partial charge in [-0.2, -0.15) is 5.10 Å². The number of nitrogens with one attached hydrogen (secondary N) is 1. The van der Waals surface area contributed by atoms with E-state index in [2.05, 4.69) is 30.1 Å².